The Balaban J connectivity index is 2.15. The van der Waals surface area contributed by atoms with E-state index in [0.29, 0.717) is 5.76 Å². The summed E-state index contributed by atoms with van der Waals surface area (Å²) in [6, 6.07) is 13.5. The van der Waals surface area contributed by atoms with E-state index < -0.39 is 5.82 Å². The number of aryl methyl sites for hydroxylation is 1. The number of amides is 1. The molecule has 6 heteroatoms. The lowest BCUT2D eigenvalue weighted by Crippen LogP contribution is -2.37. The highest BCUT2D eigenvalue weighted by Crippen LogP contribution is 2.35. The molecule has 3 aromatic rings. The number of nitrogens with zero attached hydrogens (tertiary/aromatic N) is 2. The molecule has 4 nitrogen and oxygen atoms in total. The molecule has 0 atom stereocenters. The summed E-state index contributed by atoms with van der Waals surface area (Å²) in [6.45, 7) is 5.44. The summed E-state index contributed by atoms with van der Waals surface area (Å²) in [5.41, 5.74) is 1.11. The summed E-state index contributed by atoms with van der Waals surface area (Å²) in [7, 11) is 0. The third-order valence-corrected chi connectivity index (χ3v) is 4.36. The van der Waals surface area contributed by atoms with Gasteiger partial charge in [0.15, 0.2) is 0 Å². The van der Waals surface area contributed by atoms with Crippen LogP contribution in [0.3, 0.4) is 0 Å². The Hall–Kier alpha value is -2.66. The molecule has 0 aliphatic carbocycles. The number of benzene rings is 2. The molecule has 0 radical (unpaired) electrons. The lowest BCUT2D eigenvalue weighted by atomic mass is 10.0. The van der Waals surface area contributed by atoms with Crippen LogP contribution in [-0.4, -0.2) is 17.1 Å². The Kier molecular flexibility index (Phi) is 5.09. The number of carbonyl (C=O) groups is 1. The molecule has 3 rings (SSSR count). The minimum atomic E-state index is -0.560. The van der Waals surface area contributed by atoms with Crippen molar-refractivity contribution in [3.8, 4) is 11.3 Å². The topological polar surface area (TPSA) is 46.3 Å². The summed E-state index contributed by atoms with van der Waals surface area (Å²) in [5.74, 6) is -0.569. The Morgan fingerprint density at radius 1 is 1.15 bits per heavy atom. The number of anilines is 1. The number of hydrogen-bond acceptors (Lipinski definition) is 3. The van der Waals surface area contributed by atoms with Crippen LogP contribution in [0.5, 0.6) is 0 Å². The Morgan fingerprint density at radius 3 is 2.46 bits per heavy atom. The molecule has 0 spiro atoms. The van der Waals surface area contributed by atoms with Gasteiger partial charge in [0.1, 0.15) is 22.8 Å². The van der Waals surface area contributed by atoms with Gasteiger partial charge in [-0.25, -0.2) is 4.39 Å². The summed E-state index contributed by atoms with van der Waals surface area (Å²) < 4.78 is 19.6. The van der Waals surface area contributed by atoms with Gasteiger partial charge in [0.05, 0.1) is 10.6 Å². The molecule has 0 aliphatic rings. The van der Waals surface area contributed by atoms with Gasteiger partial charge >= 0.3 is 0 Å². The first-order chi connectivity index (χ1) is 12.4. The monoisotopic (exact) mass is 372 g/mol. The van der Waals surface area contributed by atoms with Gasteiger partial charge < -0.3 is 9.42 Å². The SMILES string of the molecule is Cc1onc(-c2c(F)cccc2Cl)c1C(=O)N(c1ccccc1)C(C)C. The molecular formula is C20H18ClFN2O2. The molecule has 2 aromatic carbocycles. The molecule has 0 saturated carbocycles. The van der Waals surface area contributed by atoms with Crippen LogP contribution in [-0.2, 0) is 0 Å². The lowest BCUT2D eigenvalue weighted by Gasteiger charge is -2.27. The zero-order valence-corrected chi connectivity index (χ0v) is 15.4. The average molecular weight is 373 g/mol. The van der Waals surface area contributed by atoms with E-state index in [1.165, 1.54) is 12.1 Å². The van der Waals surface area contributed by atoms with Crippen LogP contribution in [0.25, 0.3) is 11.3 Å². The molecule has 1 aromatic heterocycles. The second-order valence-electron chi connectivity index (χ2n) is 6.16. The van der Waals surface area contributed by atoms with E-state index in [9.17, 15) is 9.18 Å². The molecule has 0 unspecified atom stereocenters. The van der Waals surface area contributed by atoms with E-state index in [1.54, 1.807) is 17.9 Å². The smallest absolute Gasteiger partial charge is 0.264 e. The van der Waals surface area contributed by atoms with Crippen LogP contribution in [0.15, 0.2) is 53.1 Å². The molecule has 0 N–H and O–H groups in total. The lowest BCUT2D eigenvalue weighted by molar-refractivity contribution is 0.0979. The minimum absolute atomic E-state index is 0.0612. The van der Waals surface area contributed by atoms with E-state index in [-0.39, 0.29) is 33.8 Å². The van der Waals surface area contributed by atoms with Crippen LogP contribution < -0.4 is 4.90 Å². The first kappa shape index (κ1) is 18.1. The molecule has 0 bridgehead atoms. The second kappa shape index (κ2) is 7.30. The zero-order valence-electron chi connectivity index (χ0n) is 14.7. The fourth-order valence-electron chi connectivity index (χ4n) is 2.88. The standard InChI is InChI=1S/C20H18ClFN2O2/c1-12(2)24(14-8-5-4-6-9-14)20(25)17-13(3)26-23-19(17)18-15(21)10-7-11-16(18)22/h4-12H,1-3H3. The van der Waals surface area contributed by atoms with Gasteiger partial charge in [-0.15, -0.1) is 0 Å². The van der Waals surface area contributed by atoms with Crippen molar-refractivity contribution < 1.29 is 13.7 Å². The van der Waals surface area contributed by atoms with Crippen LogP contribution in [0.2, 0.25) is 5.02 Å². The highest BCUT2D eigenvalue weighted by Gasteiger charge is 2.30. The largest absolute Gasteiger partial charge is 0.360 e. The van der Waals surface area contributed by atoms with Gasteiger partial charge in [-0.05, 0) is 45.0 Å². The normalized spacial score (nSPS) is 11.0. The fraction of sp³-hybridized carbons (Fsp3) is 0.200. The molecule has 0 fully saturated rings. The van der Waals surface area contributed by atoms with E-state index in [1.807, 2.05) is 44.2 Å². The first-order valence-corrected chi connectivity index (χ1v) is 8.59. The van der Waals surface area contributed by atoms with Crippen LogP contribution in [0.1, 0.15) is 30.0 Å². The second-order valence-corrected chi connectivity index (χ2v) is 6.57. The van der Waals surface area contributed by atoms with Crippen molar-refractivity contribution in [3.05, 3.63) is 70.7 Å². The average Bonchev–Trinajstić information content (AvgIpc) is 2.97. The van der Waals surface area contributed by atoms with Crippen molar-refractivity contribution in [2.75, 3.05) is 4.90 Å². The van der Waals surface area contributed by atoms with Crippen molar-refractivity contribution in [1.82, 2.24) is 5.16 Å². The van der Waals surface area contributed by atoms with Crippen molar-refractivity contribution >= 4 is 23.2 Å². The van der Waals surface area contributed by atoms with Gasteiger partial charge in [0.2, 0.25) is 0 Å². The first-order valence-electron chi connectivity index (χ1n) is 8.21. The van der Waals surface area contributed by atoms with E-state index in [4.69, 9.17) is 16.1 Å². The highest BCUT2D eigenvalue weighted by molar-refractivity contribution is 6.33. The summed E-state index contributed by atoms with van der Waals surface area (Å²) >= 11 is 6.16. The third kappa shape index (κ3) is 3.22. The predicted octanol–water partition coefficient (Wildman–Crippen LogP) is 5.50. The summed E-state index contributed by atoms with van der Waals surface area (Å²) in [5, 5.41) is 4.09. The number of halogens is 2. The quantitative estimate of drug-likeness (QED) is 0.607. The van der Waals surface area contributed by atoms with Gasteiger partial charge in [0.25, 0.3) is 5.91 Å². The molecule has 26 heavy (non-hydrogen) atoms. The van der Waals surface area contributed by atoms with Gasteiger partial charge in [0, 0.05) is 11.7 Å². The maximum atomic E-state index is 14.4. The Morgan fingerprint density at radius 2 is 1.85 bits per heavy atom. The summed E-state index contributed by atoms with van der Waals surface area (Å²) in [6.07, 6.45) is 0. The number of aromatic nitrogens is 1. The Bertz CT molecular complexity index is 918. The number of para-hydroxylation sites is 1. The summed E-state index contributed by atoms with van der Waals surface area (Å²) in [4.78, 5) is 15.0. The zero-order chi connectivity index (χ0) is 18.8. The van der Waals surface area contributed by atoms with E-state index >= 15 is 0 Å². The van der Waals surface area contributed by atoms with Crippen LogP contribution in [0, 0.1) is 12.7 Å². The third-order valence-electron chi connectivity index (χ3n) is 4.05. The Labute approximate surface area is 156 Å². The molecule has 1 heterocycles. The fourth-order valence-corrected chi connectivity index (χ4v) is 3.13. The maximum Gasteiger partial charge on any atom is 0.264 e. The van der Waals surface area contributed by atoms with Crippen molar-refractivity contribution in [2.24, 2.45) is 0 Å². The number of hydrogen-bond donors (Lipinski definition) is 0. The van der Waals surface area contributed by atoms with Crippen molar-refractivity contribution in [1.29, 1.82) is 0 Å². The number of rotatable bonds is 4. The molecule has 0 aliphatic heterocycles. The van der Waals surface area contributed by atoms with Crippen molar-refractivity contribution in [2.45, 2.75) is 26.8 Å². The van der Waals surface area contributed by atoms with Crippen LogP contribution in [0.4, 0.5) is 10.1 Å². The number of carbonyl (C=O) groups excluding carboxylic acids is 1. The highest BCUT2D eigenvalue weighted by atomic mass is 35.5. The van der Waals surface area contributed by atoms with Crippen molar-refractivity contribution in [3.63, 3.8) is 0 Å². The molecule has 0 saturated heterocycles. The molecule has 1 amide bonds. The predicted molar refractivity (Wildman–Crippen MR) is 100 cm³/mol. The van der Waals surface area contributed by atoms with Crippen LogP contribution >= 0.6 is 11.6 Å². The van der Waals surface area contributed by atoms with Gasteiger partial charge in [-0.2, -0.15) is 0 Å². The molecular weight excluding hydrogens is 355 g/mol. The van der Waals surface area contributed by atoms with Gasteiger partial charge in [-0.1, -0.05) is 41.0 Å². The molecule has 134 valence electrons. The minimum Gasteiger partial charge on any atom is -0.360 e. The van der Waals surface area contributed by atoms with E-state index in [0.717, 1.165) is 5.69 Å². The van der Waals surface area contributed by atoms with E-state index in [2.05, 4.69) is 5.16 Å². The maximum absolute atomic E-state index is 14.4. The van der Waals surface area contributed by atoms with Gasteiger partial charge in [-0.3, -0.25) is 4.79 Å².